The molecule has 3 rings (SSSR count). The number of carbonyl (C=O) groups is 1. The molecule has 0 N–H and O–H groups in total. The first-order valence-corrected chi connectivity index (χ1v) is 7.76. The van der Waals surface area contributed by atoms with Crippen LogP contribution in [0.2, 0.25) is 0 Å². The molecule has 3 aromatic rings. The predicted molar refractivity (Wildman–Crippen MR) is 93.6 cm³/mol. The second-order valence-corrected chi connectivity index (χ2v) is 5.74. The van der Waals surface area contributed by atoms with Crippen LogP contribution in [0.5, 0.6) is 0 Å². The van der Waals surface area contributed by atoms with Gasteiger partial charge in [0.1, 0.15) is 6.54 Å². The highest BCUT2D eigenvalue weighted by atomic mass is 16.2. The zero-order valence-electron chi connectivity index (χ0n) is 13.7. The fraction of sp³-hybridized carbons (Fsp3) is 0.158. The summed E-state index contributed by atoms with van der Waals surface area (Å²) in [5.74, 6) is -0.120. The van der Waals surface area contributed by atoms with E-state index in [-0.39, 0.29) is 17.9 Å². The third-order valence-corrected chi connectivity index (χ3v) is 3.98. The van der Waals surface area contributed by atoms with Crippen LogP contribution in [-0.4, -0.2) is 27.6 Å². The first-order chi connectivity index (χ1) is 12.1. The number of benzene rings is 2. The summed E-state index contributed by atoms with van der Waals surface area (Å²) in [7, 11) is 1.71. The van der Waals surface area contributed by atoms with E-state index < -0.39 is 0 Å². The molecule has 0 aliphatic heterocycles. The largest absolute Gasteiger partial charge is 0.340 e. The molecule has 0 aliphatic rings. The van der Waals surface area contributed by atoms with Crippen molar-refractivity contribution in [3.05, 3.63) is 76.1 Å². The minimum absolute atomic E-state index is 0.0492. The Hall–Kier alpha value is -3.46. The lowest BCUT2D eigenvalue weighted by Gasteiger charge is -2.18. The van der Waals surface area contributed by atoms with Crippen molar-refractivity contribution in [2.45, 2.75) is 13.1 Å². The highest BCUT2D eigenvalue weighted by Gasteiger charge is 2.12. The Balaban J connectivity index is 1.76. The van der Waals surface area contributed by atoms with Gasteiger partial charge < -0.3 is 4.90 Å². The molecule has 0 saturated heterocycles. The Morgan fingerprint density at radius 2 is 1.92 bits per heavy atom. The number of nitriles is 1. The number of amides is 1. The Bertz CT molecular complexity index is 1020. The molecule has 0 aliphatic carbocycles. The zero-order valence-corrected chi connectivity index (χ0v) is 13.7. The molecule has 0 unspecified atom stereocenters. The average molecular weight is 332 g/mol. The molecule has 124 valence electrons. The highest BCUT2D eigenvalue weighted by molar-refractivity contribution is 5.81. The van der Waals surface area contributed by atoms with Gasteiger partial charge in [-0.25, -0.2) is 0 Å². The first-order valence-electron chi connectivity index (χ1n) is 7.76. The predicted octanol–water partition coefficient (Wildman–Crippen LogP) is 1.93. The van der Waals surface area contributed by atoms with Crippen molar-refractivity contribution in [3.63, 3.8) is 0 Å². The molecule has 6 nitrogen and oxygen atoms in total. The third-order valence-electron chi connectivity index (χ3n) is 3.98. The Labute approximate surface area is 144 Å². The van der Waals surface area contributed by atoms with Gasteiger partial charge in [-0.15, -0.1) is 0 Å². The van der Waals surface area contributed by atoms with Crippen LogP contribution in [0.1, 0.15) is 11.1 Å². The number of fused-ring (bicyclic) bond motifs is 1. The standard InChI is InChI=1S/C19H16N4O2/c1-22(12-15-8-6-14(10-20)7-9-15)19(25)13-23-17-5-3-2-4-16(17)18(24)11-21-23/h2-9,11H,12-13H2,1H3. The van der Waals surface area contributed by atoms with Crippen LogP contribution in [0.3, 0.4) is 0 Å². The SMILES string of the molecule is CN(Cc1ccc(C#N)cc1)C(=O)Cn1ncc(=O)c2ccccc21. The number of nitrogens with zero attached hydrogens (tertiary/aromatic N) is 4. The number of likely N-dealkylation sites (N-methyl/N-ethyl adjacent to an activating group) is 1. The average Bonchev–Trinajstić information content (AvgIpc) is 2.64. The summed E-state index contributed by atoms with van der Waals surface area (Å²) in [5.41, 5.74) is 1.99. The third kappa shape index (κ3) is 3.56. The second-order valence-electron chi connectivity index (χ2n) is 5.74. The van der Waals surface area contributed by atoms with E-state index >= 15 is 0 Å². The summed E-state index contributed by atoms with van der Waals surface area (Å²) in [6.45, 7) is 0.482. The lowest BCUT2D eigenvalue weighted by Crippen LogP contribution is -2.31. The summed E-state index contributed by atoms with van der Waals surface area (Å²) in [5, 5.41) is 13.4. The van der Waals surface area contributed by atoms with Gasteiger partial charge in [0.25, 0.3) is 0 Å². The number of carbonyl (C=O) groups excluding carboxylic acids is 1. The maximum Gasteiger partial charge on any atom is 0.244 e. The number of hydrogen-bond donors (Lipinski definition) is 0. The fourth-order valence-corrected chi connectivity index (χ4v) is 2.58. The monoisotopic (exact) mass is 332 g/mol. The molecule has 0 fully saturated rings. The van der Waals surface area contributed by atoms with E-state index in [2.05, 4.69) is 11.2 Å². The lowest BCUT2D eigenvalue weighted by atomic mass is 10.1. The molecule has 25 heavy (non-hydrogen) atoms. The minimum atomic E-state index is -0.162. The van der Waals surface area contributed by atoms with E-state index in [4.69, 9.17) is 5.26 Å². The van der Waals surface area contributed by atoms with Gasteiger partial charge in [-0.2, -0.15) is 10.4 Å². The van der Waals surface area contributed by atoms with Gasteiger partial charge in [-0.1, -0.05) is 24.3 Å². The first kappa shape index (κ1) is 16.4. The van der Waals surface area contributed by atoms with Crippen molar-refractivity contribution in [3.8, 4) is 6.07 Å². The Kier molecular flexibility index (Phi) is 4.57. The molecule has 0 radical (unpaired) electrons. The van der Waals surface area contributed by atoms with Gasteiger partial charge >= 0.3 is 0 Å². The molecule has 0 spiro atoms. The molecule has 1 amide bonds. The van der Waals surface area contributed by atoms with E-state index in [9.17, 15) is 9.59 Å². The normalized spacial score (nSPS) is 10.4. The molecule has 6 heteroatoms. The van der Waals surface area contributed by atoms with Gasteiger partial charge in [0.05, 0.1) is 23.3 Å². The molecular weight excluding hydrogens is 316 g/mol. The van der Waals surface area contributed by atoms with E-state index in [1.54, 1.807) is 42.3 Å². The van der Waals surface area contributed by atoms with Crippen molar-refractivity contribution >= 4 is 16.8 Å². The lowest BCUT2D eigenvalue weighted by molar-refractivity contribution is -0.131. The van der Waals surface area contributed by atoms with Gasteiger partial charge in [-0.05, 0) is 29.8 Å². The summed E-state index contributed by atoms with van der Waals surface area (Å²) in [6, 6.07) is 16.3. The van der Waals surface area contributed by atoms with Gasteiger partial charge in [-0.3, -0.25) is 14.3 Å². The maximum atomic E-state index is 12.5. The molecule has 0 atom stereocenters. The number of hydrogen-bond acceptors (Lipinski definition) is 4. The highest BCUT2D eigenvalue weighted by Crippen LogP contribution is 2.10. The number of aromatic nitrogens is 2. The van der Waals surface area contributed by atoms with Crippen LogP contribution in [0.15, 0.2) is 59.5 Å². The molecule has 2 aromatic carbocycles. The van der Waals surface area contributed by atoms with Crippen molar-refractivity contribution < 1.29 is 4.79 Å². The van der Waals surface area contributed by atoms with Gasteiger partial charge in [0.2, 0.25) is 11.3 Å². The minimum Gasteiger partial charge on any atom is -0.340 e. The van der Waals surface area contributed by atoms with Gasteiger partial charge in [0.15, 0.2) is 0 Å². The van der Waals surface area contributed by atoms with Crippen molar-refractivity contribution in [1.29, 1.82) is 5.26 Å². The molecular formula is C19H16N4O2. The van der Waals surface area contributed by atoms with Crippen LogP contribution in [0, 0.1) is 11.3 Å². The summed E-state index contributed by atoms with van der Waals surface area (Å²) in [4.78, 5) is 25.9. The topological polar surface area (TPSA) is 79.0 Å². The number of rotatable bonds is 4. The summed E-state index contributed by atoms with van der Waals surface area (Å²) in [6.07, 6.45) is 1.23. The number of para-hydroxylation sites is 1. The van der Waals surface area contributed by atoms with Crippen LogP contribution < -0.4 is 5.43 Å². The zero-order chi connectivity index (χ0) is 17.8. The van der Waals surface area contributed by atoms with E-state index in [0.29, 0.717) is 23.0 Å². The molecule has 1 heterocycles. The Morgan fingerprint density at radius 3 is 2.64 bits per heavy atom. The van der Waals surface area contributed by atoms with Crippen LogP contribution in [-0.2, 0) is 17.9 Å². The van der Waals surface area contributed by atoms with E-state index in [0.717, 1.165) is 5.56 Å². The molecule has 1 aromatic heterocycles. The van der Waals surface area contributed by atoms with Crippen LogP contribution >= 0.6 is 0 Å². The fourth-order valence-electron chi connectivity index (χ4n) is 2.58. The van der Waals surface area contributed by atoms with Crippen molar-refractivity contribution in [2.75, 3.05) is 7.05 Å². The molecule has 0 bridgehead atoms. The van der Waals surface area contributed by atoms with E-state index in [1.165, 1.54) is 10.9 Å². The second kappa shape index (κ2) is 6.97. The summed E-state index contributed by atoms with van der Waals surface area (Å²) >= 11 is 0. The smallest absolute Gasteiger partial charge is 0.244 e. The Morgan fingerprint density at radius 1 is 1.20 bits per heavy atom. The van der Waals surface area contributed by atoms with Crippen molar-refractivity contribution in [1.82, 2.24) is 14.7 Å². The van der Waals surface area contributed by atoms with Crippen LogP contribution in [0.4, 0.5) is 0 Å². The molecule has 0 saturated carbocycles. The van der Waals surface area contributed by atoms with Crippen molar-refractivity contribution in [2.24, 2.45) is 0 Å². The van der Waals surface area contributed by atoms with Crippen LogP contribution in [0.25, 0.3) is 10.9 Å². The summed E-state index contributed by atoms with van der Waals surface area (Å²) < 4.78 is 1.54. The quantitative estimate of drug-likeness (QED) is 0.731. The van der Waals surface area contributed by atoms with Gasteiger partial charge in [0, 0.05) is 19.0 Å². The van der Waals surface area contributed by atoms with E-state index in [1.807, 2.05) is 18.2 Å². The maximum absolute atomic E-state index is 12.5.